The number of imidazole rings is 1. The van der Waals surface area contributed by atoms with Gasteiger partial charge in [-0.3, -0.25) is 9.48 Å². The summed E-state index contributed by atoms with van der Waals surface area (Å²) in [6.45, 7) is 4.04. The highest BCUT2D eigenvalue weighted by atomic mass is 16.2. The van der Waals surface area contributed by atoms with Crippen LogP contribution in [0.1, 0.15) is 11.4 Å². The second kappa shape index (κ2) is 5.85. The first kappa shape index (κ1) is 14.1. The van der Waals surface area contributed by atoms with Gasteiger partial charge in [-0.2, -0.15) is 5.10 Å². The van der Waals surface area contributed by atoms with Crippen LogP contribution in [0.25, 0.3) is 5.69 Å². The molecule has 0 saturated heterocycles. The fourth-order valence-corrected chi connectivity index (χ4v) is 2.37. The van der Waals surface area contributed by atoms with Crippen LogP contribution in [0.15, 0.2) is 49.1 Å². The summed E-state index contributed by atoms with van der Waals surface area (Å²) in [5, 5.41) is 7.24. The van der Waals surface area contributed by atoms with Crippen molar-refractivity contribution in [2.45, 2.75) is 20.4 Å². The molecule has 0 aliphatic heterocycles. The van der Waals surface area contributed by atoms with Gasteiger partial charge in [-0.05, 0) is 32.0 Å². The van der Waals surface area contributed by atoms with Crippen LogP contribution in [-0.2, 0) is 11.3 Å². The zero-order chi connectivity index (χ0) is 15.5. The van der Waals surface area contributed by atoms with E-state index in [4.69, 9.17) is 0 Å². The molecule has 0 aliphatic rings. The van der Waals surface area contributed by atoms with Crippen molar-refractivity contribution in [1.29, 1.82) is 0 Å². The maximum Gasteiger partial charge on any atom is 0.246 e. The molecule has 1 N–H and O–H groups in total. The van der Waals surface area contributed by atoms with E-state index < -0.39 is 0 Å². The van der Waals surface area contributed by atoms with Crippen LogP contribution in [0.2, 0.25) is 0 Å². The highest BCUT2D eigenvalue weighted by Gasteiger charge is 2.10. The van der Waals surface area contributed by atoms with Crippen LogP contribution in [0.3, 0.4) is 0 Å². The largest absolute Gasteiger partial charge is 0.323 e. The number of nitrogens with one attached hydrogen (secondary N) is 1. The molecular weight excluding hydrogens is 278 g/mol. The Bertz CT molecular complexity index is 789. The van der Waals surface area contributed by atoms with Crippen molar-refractivity contribution in [2.75, 3.05) is 5.32 Å². The average Bonchev–Trinajstić information content (AvgIpc) is 3.10. The van der Waals surface area contributed by atoms with Gasteiger partial charge in [0.15, 0.2) is 0 Å². The SMILES string of the molecule is Cc1cc(C)n(CC(=O)Nc2ccccc2-n2ccnc2)n1. The monoisotopic (exact) mass is 295 g/mol. The number of para-hydroxylation sites is 2. The summed E-state index contributed by atoms with van der Waals surface area (Å²) in [6, 6.07) is 9.56. The number of aryl methyl sites for hydroxylation is 2. The number of carbonyl (C=O) groups is 1. The minimum Gasteiger partial charge on any atom is -0.323 e. The van der Waals surface area contributed by atoms with Crippen LogP contribution in [0, 0.1) is 13.8 Å². The van der Waals surface area contributed by atoms with E-state index in [1.165, 1.54) is 0 Å². The maximum absolute atomic E-state index is 12.3. The Morgan fingerprint density at radius 1 is 1.27 bits per heavy atom. The van der Waals surface area contributed by atoms with Crippen molar-refractivity contribution < 1.29 is 4.79 Å². The second-order valence-corrected chi connectivity index (χ2v) is 5.12. The topological polar surface area (TPSA) is 64.7 Å². The molecule has 3 aromatic rings. The average molecular weight is 295 g/mol. The lowest BCUT2D eigenvalue weighted by molar-refractivity contribution is -0.116. The first-order valence-electron chi connectivity index (χ1n) is 7.02. The van der Waals surface area contributed by atoms with E-state index in [-0.39, 0.29) is 12.5 Å². The Morgan fingerprint density at radius 3 is 2.77 bits per heavy atom. The third-order valence-electron chi connectivity index (χ3n) is 3.36. The summed E-state index contributed by atoms with van der Waals surface area (Å²) < 4.78 is 3.56. The molecule has 1 amide bonds. The Balaban J connectivity index is 1.79. The Kier molecular flexibility index (Phi) is 3.74. The van der Waals surface area contributed by atoms with Crippen LogP contribution in [0.4, 0.5) is 5.69 Å². The molecule has 6 heteroatoms. The zero-order valence-electron chi connectivity index (χ0n) is 12.5. The summed E-state index contributed by atoms with van der Waals surface area (Å²) in [4.78, 5) is 16.3. The van der Waals surface area contributed by atoms with Crippen molar-refractivity contribution in [3.8, 4) is 5.69 Å². The molecule has 22 heavy (non-hydrogen) atoms. The molecule has 0 atom stereocenters. The molecule has 2 heterocycles. The fourth-order valence-electron chi connectivity index (χ4n) is 2.37. The number of aromatic nitrogens is 4. The lowest BCUT2D eigenvalue weighted by atomic mass is 10.2. The highest BCUT2D eigenvalue weighted by Crippen LogP contribution is 2.19. The van der Waals surface area contributed by atoms with Crippen molar-refractivity contribution >= 4 is 11.6 Å². The Morgan fingerprint density at radius 2 is 2.09 bits per heavy atom. The molecule has 0 radical (unpaired) electrons. The van der Waals surface area contributed by atoms with Crippen molar-refractivity contribution in [3.05, 3.63) is 60.4 Å². The molecule has 6 nitrogen and oxygen atoms in total. The van der Waals surface area contributed by atoms with Crippen LogP contribution < -0.4 is 5.32 Å². The number of amides is 1. The zero-order valence-corrected chi connectivity index (χ0v) is 12.5. The first-order chi connectivity index (χ1) is 10.6. The van der Waals surface area contributed by atoms with Gasteiger partial charge in [-0.15, -0.1) is 0 Å². The van der Waals surface area contributed by atoms with Crippen molar-refractivity contribution in [1.82, 2.24) is 19.3 Å². The molecule has 3 rings (SSSR count). The summed E-state index contributed by atoms with van der Waals surface area (Å²) in [6.07, 6.45) is 5.24. The minimum atomic E-state index is -0.112. The van der Waals surface area contributed by atoms with Crippen LogP contribution in [-0.4, -0.2) is 25.2 Å². The van der Waals surface area contributed by atoms with Crippen LogP contribution in [0.5, 0.6) is 0 Å². The fraction of sp³-hybridized carbons (Fsp3) is 0.188. The molecule has 0 unspecified atom stereocenters. The number of hydrogen-bond acceptors (Lipinski definition) is 3. The van der Waals surface area contributed by atoms with Crippen molar-refractivity contribution in [3.63, 3.8) is 0 Å². The van der Waals surface area contributed by atoms with E-state index >= 15 is 0 Å². The smallest absolute Gasteiger partial charge is 0.246 e. The van der Waals surface area contributed by atoms with E-state index in [1.807, 2.05) is 54.9 Å². The standard InChI is InChI=1S/C16H17N5O/c1-12-9-13(2)21(19-12)10-16(22)18-14-5-3-4-6-15(14)20-8-7-17-11-20/h3-9,11H,10H2,1-2H3,(H,18,22). The maximum atomic E-state index is 12.3. The molecule has 0 fully saturated rings. The molecule has 0 spiro atoms. The molecule has 0 aliphatic carbocycles. The van der Waals surface area contributed by atoms with E-state index in [0.29, 0.717) is 0 Å². The number of carbonyl (C=O) groups excluding carboxylic acids is 1. The first-order valence-corrected chi connectivity index (χ1v) is 7.02. The summed E-state index contributed by atoms with van der Waals surface area (Å²) in [5.41, 5.74) is 3.49. The predicted molar refractivity (Wildman–Crippen MR) is 83.9 cm³/mol. The van der Waals surface area contributed by atoms with Gasteiger partial charge >= 0.3 is 0 Å². The van der Waals surface area contributed by atoms with E-state index in [0.717, 1.165) is 22.8 Å². The van der Waals surface area contributed by atoms with E-state index in [1.54, 1.807) is 17.2 Å². The Hall–Kier alpha value is -2.89. The molecule has 1 aromatic carbocycles. The van der Waals surface area contributed by atoms with Gasteiger partial charge in [-0.1, -0.05) is 12.1 Å². The van der Waals surface area contributed by atoms with Gasteiger partial charge in [0.1, 0.15) is 6.54 Å². The van der Waals surface area contributed by atoms with Crippen molar-refractivity contribution in [2.24, 2.45) is 0 Å². The summed E-state index contributed by atoms with van der Waals surface area (Å²) in [5.74, 6) is -0.112. The van der Waals surface area contributed by atoms with Gasteiger partial charge in [-0.25, -0.2) is 4.98 Å². The van der Waals surface area contributed by atoms with Gasteiger partial charge in [0.05, 0.1) is 23.4 Å². The number of anilines is 1. The number of rotatable bonds is 4. The highest BCUT2D eigenvalue weighted by molar-refractivity contribution is 5.92. The van der Waals surface area contributed by atoms with Gasteiger partial charge in [0, 0.05) is 18.1 Å². The van der Waals surface area contributed by atoms with Gasteiger partial charge in [0.2, 0.25) is 5.91 Å². The lowest BCUT2D eigenvalue weighted by Crippen LogP contribution is -2.21. The summed E-state index contributed by atoms with van der Waals surface area (Å²) >= 11 is 0. The molecular formula is C16H17N5O. The van der Waals surface area contributed by atoms with E-state index in [2.05, 4.69) is 15.4 Å². The molecule has 0 saturated carbocycles. The number of nitrogens with zero attached hydrogens (tertiary/aromatic N) is 4. The van der Waals surface area contributed by atoms with Crippen LogP contribution >= 0.6 is 0 Å². The number of hydrogen-bond donors (Lipinski definition) is 1. The second-order valence-electron chi connectivity index (χ2n) is 5.12. The third-order valence-corrected chi connectivity index (χ3v) is 3.36. The van der Waals surface area contributed by atoms with Gasteiger partial charge < -0.3 is 9.88 Å². The quantitative estimate of drug-likeness (QED) is 0.803. The summed E-state index contributed by atoms with van der Waals surface area (Å²) in [7, 11) is 0. The molecule has 2 aromatic heterocycles. The number of benzene rings is 1. The van der Waals surface area contributed by atoms with E-state index in [9.17, 15) is 4.79 Å². The minimum absolute atomic E-state index is 0.112. The lowest BCUT2D eigenvalue weighted by Gasteiger charge is -2.12. The Labute approximate surface area is 128 Å². The normalized spacial score (nSPS) is 10.6. The molecule has 0 bridgehead atoms. The predicted octanol–water partition coefficient (Wildman–Crippen LogP) is 2.32. The van der Waals surface area contributed by atoms with Gasteiger partial charge in [0.25, 0.3) is 0 Å². The molecule has 112 valence electrons. The third kappa shape index (κ3) is 2.90.